The number of nitrogens with zero attached hydrogens (tertiary/aromatic N) is 5. The van der Waals surface area contributed by atoms with Crippen LogP contribution in [0, 0.1) is 0 Å². The Labute approximate surface area is 207 Å². The number of anilines is 1. The Kier molecular flexibility index (Phi) is 7.10. The Balaban J connectivity index is 0.00000274. The van der Waals surface area contributed by atoms with Crippen LogP contribution in [0.3, 0.4) is 0 Å². The van der Waals surface area contributed by atoms with Gasteiger partial charge in [-0.1, -0.05) is 30.3 Å². The first kappa shape index (κ1) is 23.7. The summed E-state index contributed by atoms with van der Waals surface area (Å²) in [5, 5.41) is 20.3. The van der Waals surface area contributed by atoms with Gasteiger partial charge in [-0.2, -0.15) is 0 Å². The first-order valence-electron chi connectivity index (χ1n) is 10.7. The van der Waals surface area contributed by atoms with Crippen LogP contribution in [0.15, 0.2) is 52.7 Å². The first-order chi connectivity index (χ1) is 16.0. The number of carbonyl (C=O) groups excluding carboxylic acids is 1. The summed E-state index contributed by atoms with van der Waals surface area (Å²) in [6.45, 7) is 0.613. The quantitative estimate of drug-likeness (QED) is 0.528. The van der Waals surface area contributed by atoms with Crippen molar-refractivity contribution in [2.45, 2.75) is 31.7 Å². The van der Waals surface area contributed by atoms with Crippen LogP contribution in [-0.2, 0) is 28.9 Å². The van der Waals surface area contributed by atoms with E-state index in [4.69, 9.17) is 9.52 Å². The maximum absolute atomic E-state index is 12.5. The molecule has 0 radical (unpaired) electrons. The fraction of sp³-hybridized carbons (Fsp3) is 0.304. The molecule has 1 aliphatic heterocycles. The van der Waals surface area contributed by atoms with Crippen molar-refractivity contribution < 1.29 is 19.1 Å². The number of carboxylic acid groups (broad SMARTS) is 1. The van der Waals surface area contributed by atoms with E-state index < -0.39 is 5.97 Å². The van der Waals surface area contributed by atoms with E-state index in [0.29, 0.717) is 30.1 Å². The molecule has 10 nitrogen and oxygen atoms in total. The molecule has 2 N–H and O–H groups in total. The SMILES string of the molecule is O=C(O)C1=CCN(C(=O)Cc2nnc(-c3cnc(NC4Cc5ccccc5C4)nc3)o2)CC1.[LiH]. The zero-order chi connectivity index (χ0) is 22.8. The van der Waals surface area contributed by atoms with Gasteiger partial charge in [0.05, 0.1) is 5.56 Å². The van der Waals surface area contributed by atoms with E-state index in [1.165, 1.54) is 11.1 Å². The van der Waals surface area contributed by atoms with Gasteiger partial charge < -0.3 is 19.7 Å². The second kappa shape index (κ2) is 10.2. The number of benzene rings is 1. The summed E-state index contributed by atoms with van der Waals surface area (Å²) in [6.07, 6.45) is 6.92. The summed E-state index contributed by atoms with van der Waals surface area (Å²) in [6, 6.07) is 8.66. The molecule has 0 saturated carbocycles. The molecule has 0 saturated heterocycles. The van der Waals surface area contributed by atoms with Gasteiger partial charge in [-0.15, -0.1) is 10.2 Å². The van der Waals surface area contributed by atoms with E-state index >= 15 is 0 Å². The molecule has 0 fully saturated rings. The summed E-state index contributed by atoms with van der Waals surface area (Å²) in [5.74, 6) is -0.178. The van der Waals surface area contributed by atoms with E-state index in [2.05, 4.69) is 49.7 Å². The number of aliphatic carboxylic acids is 1. The molecule has 0 spiro atoms. The normalized spacial score (nSPS) is 15.3. The molecule has 1 aromatic carbocycles. The van der Waals surface area contributed by atoms with Crippen molar-refractivity contribution in [2.75, 3.05) is 18.4 Å². The number of nitrogens with one attached hydrogen (secondary N) is 1. The van der Waals surface area contributed by atoms with Gasteiger partial charge >= 0.3 is 24.8 Å². The third-order valence-corrected chi connectivity index (χ3v) is 5.89. The molecule has 2 aliphatic rings. The molecule has 2 aromatic heterocycles. The van der Waals surface area contributed by atoms with Crippen LogP contribution in [0.5, 0.6) is 0 Å². The van der Waals surface area contributed by atoms with Crippen LogP contribution >= 0.6 is 0 Å². The van der Waals surface area contributed by atoms with Crippen LogP contribution in [0.4, 0.5) is 5.95 Å². The van der Waals surface area contributed by atoms with Crippen LogP contribution in [-0.4, -0.2) is 80.0 Å². The molecule has 5 rings (SSSR count). The second-order valence-electron chi connectivity index (χ2n) is 8.12. The van der Waals surface area contributed by atoms with Gasteiger partial charge in [0.2, 0.25) is 17.7 Å². The van der Waals surface area contributed by atoms with Gasteiger partial charge in [-0.05, 0) is 30.4 Å². The number of hydrogen-bond donors (Lipinski definition) is 2. The van der Waals surface area contributed by atoms with Crippen molar-refractivity contribution in [3.63, 3.8) is 0 Å². The maximum atomic E-state index is 12.5. The predicted octanol–water partition coefficient (Wildman–Crippen LogP) is 1.24. The average Bonchev–Trinajstić information content (AvgIpc) is 3.46. The predicted molar refractivity (Wildman–Crippen MR) is 124 cm³/mol. The Morgan fingerprint density at radius 3 is 2.44 bits per heavy atom. The second-order valence-corrected chi connectivity index (χ2v) is 8.12. The van der Waals surface area contributed by atoms with Crippen molar-refractivity contribution >= 4 is 36.7 Å². The van der Waals surface area contributed by atoms with Gasteiger partial charge in [-0.3, -0.25) is 4.79 Å². The minimum atomic E-state index is -0.944. The Morgan fingerprint density at radius 1 is 1.12 bits per heavy atom. The van der Waals surface area contributed by atoms with Crippen molar-refractivity contribution in [2.24, 2.45) is 0 Å². The molecule has 34 heavy (non-hydrogen) atoms. The van der Waals surface area contributed by atoms with E-state index in [9.17, 15) is 9.59 Å². The summed E-state index contributed by atoms with van der Waals surface area (Å²) in [5.41, 5.74) is 3.59. The Hall–Kier alpha value is -3.48. The molecule has 1 aliphatic carbocycles. The van der Waals surface area contributed by atoms with Crippen molar-refractivity contribution in [3.05, 3.63) is 65.3 Å². The molecule has 0 unspecified atom stereocenters. The molecule has 11 heteroatoms. The number of amides is 1. The number of carboxylic acids is 1. The monoisotopic (exact) mass is 454 g/mol. The minimum absolute atomic E-state index is 0. The van der Waals surface area contributed by atoms with Gasteiger partial charge in [0.25, 0.3) is 5.89 Å². The van der Waals surface area contributed by atoms with Gasteiger partial charge in [0.15, 0.2) is 0 Å². The fourth-order valence-corrected chi connectivity index (χ4v) is 4.13. The molecule has 1 amide bonds. The average molecular weight is 454 g/mol. The molecule has 170 valence electrons. The molecule has 3 aromatic rings. The molecular formula is C23H23LiN6O4. The zero-order valence-electron chi connectivity index (χ0n) is 17.8. The van der Waals surface area contributed by atoms with Gasteiger partial charge in [-0.25, -0.2) is 14.8 Å². The fourth-order valence-electron chi connectivity index (χ4n) is 4.13. The van der Waals surface area contributed by atoms with Crippen molar-refractivity contribution in [1.82, 2.24) is 25.1 Å². The van der Waals surface area contributed by atoms with E-state index in [1.807, 2.05) is 0 Å². The zero-order valence-corrected chi connectivity index (χ0v) is 17.8. The standard InChI is InChI=1S/C23H22N6O4.Li.H/c30-20(29-7-5-14(6-8-29)22(31)32)11-19-27-28-21(33-19)17-12-24-23(25-13-17)26-18-9-15-3-1-2-4-16(15)10-18;;/h1-5,12-13,18H,6-11H2,(H,31,32)(H,24,25,26);;. The van der Waals surface area contributed by atoms with Crippen molar-refractivity contribution in [1.29, 1.82) is 0 Å². The van der Waals surface area contributed by atoms with E-state index in [0.717, 1.165) is 12.8 Å². The van der Waals surface area contributed by atoms with Gasteiger partial charge in [0, 0.05) is 37.1 Å². The number of hydrogen-bond acceptors (Lipinski definition) is 8. The summed E-state index contributed by atoms with van der Waals surface area (Å²) >= 11 is 0. The summed E-state index contributed by atoms with van der Waals surface area (Å²) in [7, 11) is 0. The first-order valence-corrected chi connectivity index (χ1v) is 10.7. The number of carbonyl (C=O) groups is 2. The number of aromatic nitrogens is 4. The summed E-state index contributed by atoms with van der Waals surface area (Å²) in [4.78, 5) is 33.8. The number of fused-ring (bicyclic) bond motifs is 1. The topological polar surface area (TPSA) is 134 Å². The molecule has 0 bridgehead atoms. The van der Waals surface area contributed by atoms with E-state index in [1.54, 1.807) is 23.4 Å². The van der Waals surface area contributed by atoms with Crippen LogP contribution < -0.4 is 5.32 Å². The van der Waals surface area contributed by atoms with Crippen LogP contribution in [0.2, 0.25) is 0 Å². The Morgan fingerprint density at radius 2 is 1.82 bits per heavy atom. The number of rotatable bonds is 6. The van der Waals surface area contributed by atoms with Gasteiger partial charge in [0.1, 0.15) is 6.42 Å². The third-order valence-electron chi connectivity index (χ3n) is 5.89. The molecule has 0 atom stereocenters. The van der Waals surface area contributed by atoms with E-state index in [-0.39, 0.29) is 55.6 Å². The van der Waals surface area contributed by atoms with Crippen LogP contribution in [0.1, 0.15) is 23.4 Å². The van der Waals surface area contributed by atoms with Crippen molar-refractivity contribution in [3.8, 4) is 11.5 Å². The molecular weight excluding hydrogens is 431 g/mol. The summed E-state index contributed by atoms with van der Waals surface area (Å²) < 4.78 is 5.63. The Bertz CT molecular complexity index is 1200. The molecule has 3 heterocycles. The third kappa shape index (κ3) is 5.19. The van der Waals surface area contributed by atoms with Crippen LogP contribution in [0.25, 0.3) is 11.5 Å².